The van der Waals surface area contributed by atoms with E-state index >= 15 is 0 Å². The molecule has 0 atom stereocenters. The van der Waals surface area contributed by atoms with Gasteiger partial charge in [-0.1, -0.05) is 23.2 Å². The van der Waals surface area contributed by atoms with Crippen LogP contribution in [0.25, 0.3) is 11.3 Å². The normalized spacial score (nSPS) is 14.1. The van der Waals surface area contributed by atoms with E-state index in [9.17, 15) is 4.79 Å². The fourth-order valence-corrected chi connectivity index (χ4v) is 3.98. The number of anilines is 2. The topological polar surface area (TPSA) is 92.3 Å². The maximum Gasteiger partial charge on any atom is 0.256 e. The van der Waals surface area contributed by atoms with Crippen molar-refractivity contribution < 1.29 is 9.53 Å². The van der Waals surface area contributed by atoms with Crippen LogP contribution in [0.5, 0.6) is 0 Å². The van der Waals surface area contributed by atoms with Crippen molar-refractivity contribution in [2.45, 2.75) is 6.42 Å². The fourth-order valence-electron chi connectivity index (χ4n) is 3.45. The van der Waals surface area contributed by atoms with Gasteiger partial charge in [0.15, 0.2) is 0 Å². The van der Waals surface area contributed by atoms with Crippen LogP contribution in [0.15, 0.2) is 48.8 Å². The van der Waals surface area contributed by atoms with Crippen molar-refractivity contribution in [2.75, 3.05) is 50.0 Å². The van der Waals surface area contributed by atoms with E-state index in [1.807, 2.05) is 12.1 Å². The third-order valence-corrected chi connectivity index (χ3v) is 5.52. The number of amides is 1. The van der Waals surface area contributed by atoms with Gasteiger partial charge in [0, 0.05) is 59.3 Å². The quantitative estimate of drug-likeness (QED) is 0.460. The molecule has 2 aromatic heterocycles. The monoisotopic (exact) mass is 486 g/mol. The highest BCUT2D eigenvalue weighted by Crippen LogP contribution is 2.23. The zero-order valence-electron chi connectivity index (χ0n) is 17.9. The SMILES string of the molecule is O=C(Nc1cc(-c2cccnc2)nc(NCCCN2CCOCC2)n1)c1cc(Cl)cc(Cl)c1. The number of halogens is 2. The standard InChI is InChI=1S/C23H24Cl2N6O2/c24-18-11-17(12-19(25)13-18)22(32)29-21-14-20(16-3-1-4-26-15-16)28-23(30-21)27-5-2-6-31-7-9-33-10-8-31/h1,3-4,11-15H,2,5-10H2,(H2,27,28,29,30,32). The van der Waals surface area contributed by atoms with E-state index < -0.39 is 0 Å². The zero-order chi connectivity index (χ0) is 23.0. The number of hydrogen-bond acceptors (Lipinski definition) is 7. The number of rotatable bonds is 8. The van der Waals surface area contributed by atoms with Gasteiger partial charge in [0.2, 0.25) is 5.95 Å². The van der Waals surface area contributed by atoms with Crippen LogP contribution in [0.3, 0.4) is 0 Å². The Kier molecular flexibility index (Phi) is 8.06. The molecule has 33 heavy (non-hydrogen) atoms. The van der Waals surface area contributed by atoms with E-state index in [2.05, 4.69) is 30.5 Å². The fraction of sp³-hybridized carbons (Fsp3) is 0.304. The van der Waals surface area contributed by atoms with Crippen molar-refractivity contribution in [3.63, 3.8) is 0 Å². The van der Waals surface area contributed by atoms with Gasteiger partial charge in [-0.05, 0) is 43.3 Å². The van der Waals surface area contributed by atoms with E-state index in [-0.39, 0.29) is 5.91 Å². The molecule has 0 saturated carbocycles. The number of nitrogens with one attached hydrogen (secondary N) is 2. The van der Waals surface area contributed by atoms with Crippen LogP contribution in [0.2, 0.25) is 10.0 Å². The molecule has 2 N–H and O–H groups in total. The van der Waals surface area contributed by atoms with Crippen molar-refractivity contribution >= 4 is 40.9 Å². The molecule has 1 aromatic carbocycles. The molecule has 0 aliphatic carbocycles. The summed E-state index contributed by atoms with van der Waals surface area (Å²) < 4.78 is 5.39. The van der Waals surface area contributed by atoms with E-state index in [0.717, 1.165) is 44.8 Å². The summed E-state index contributed by atoms with van der Waals surface area (Å²) in [5.74, 6) is 0.423. The van der Waals surface area contributed by atoms with Gasteiger partial charge >= 0.3 is 0 Å². The molecule has 1 aliphatic heterocycles. The number of morpholine rings is 1. The van der Waals surface area contributed by atoms with Gasteiger partial charge < -0.3 is 15.4 Å². The van der Waals surface area contributed by atoms with E-state index in [0.29, 0.717) is 39.6 Å². The number of ether oxygens (including phenoxy) is 1. The summed E-state index contributed by atoms with van der Waals surface area (Å²) in [6, 6.07) is 10.1. The van der Waals surface area contributed by atoms with Crippen molar-refractivity contribution in [3.05, 3.63) is 64.4 Å². The lowest BCUT2D eigenvalue weighted by Crippen LogP contribution is -2.37. The second-order valence-electron chi connectivity index (χ2n) is 7.55. The Morgan fingerprint density at radius 3 is 2.61 bits per heavy atom. The molecule has 172 valence electrons. The molecule has 0 spiro atoms. The lowest BCUT2D eigenvalue weighted by Gasteiger charge is -2.26. The Labute approximate surface area is 202 Å². The van der Waals surface area contributed by atoms with Gasteiger partial charge in [0.1, 0.15) is 5.82 Å². The smallest absolute Gasteiger partial charge is 0.256 e. The lowest BCUT2D eigenvalue weighted by molar-refractivity contribution is 0.0378. The minimum atomic E-state index is -0.367. The van der Waals surface area contributed by atoms with Gasteiger partial charge in [0.25, 0.3) is 5.91 Å². The zero-order valence-corrected chi connectivity index (χ0v) is 19.4. The predicted molar refractivity (Wildman–Crippen MR) is 130 cm³/mol. The molecule has 0 bridgehead atoms. The Morgan fingerprint density at radius 1 is 1.09 bits per heavy atom. The van der Waals surface area contributed by atoms with Crippen LogP contribution in [0.4, 0.5) is 11.8 Å². The van der Waals surface area contributed by atoms with Gasteiger partial charge in [-0.2, -0.15) is 4.98 Å². The lowest BCUT2D eigenvalue weighted by atomic mass is 10.2. The molecule has 1 aliphatic rings. The highest BCUT2D eigenvalue weighted by molar-refractivity contribution is 6.35. The molecular weight excluding hydrogens is 463 g/mol. The molecule has 0 unspecified atom stereocenters. The highest BCUT2D eigenvalue weighted by atomic mass is 35.5. The average Bonchev–Trinajstić information content (AvgIpc) is 2.82. The van der Waals surface area contributed by atoms with E-state index in [1.165, 1.54) is 0 Å². The van der Waals surface area contributed by atoms with Crippen molar-refractivity contribution in [2.24, 2.45) is 0 Å². The van der Waals surface area contributed by atoms with Gasteiger partial charge in [-0.25, -0.2) is 4.98 Å². The molecule has 3 aromatic rings. The number of nitrogens with zero attached hydrogens (tertiary/aromatic N) is 4. The molecule has 1 fully saturated rings. The minimum Gasteiger partial charge on any atom is -0.379 e. The Hall–Kier alpha value is -2.78. The predicted octanol–water partition coefficient (Wildman–Crippen LogP) is 4.23. The molecule has 10 heteroatoms. The molecule has 1 saturated heterocycles. The second-order valence-corrected chi connectivity index (χ2v) is 8.42. The molecule has 1 amide bonds. The van der Waals surface area contributed by atoms with Crippen molar-refractivity contribution in [3.8, 4) is 11.3 Å². The molecule has 4 rings (SSSR count). The molecule has 3 heterocycles. The summed E-state index contributed by atoms with van der Waals surface area (Å²) in [6.45, 7) is 5.14. The maximum absolute atomic E-state index is 12.8. The molecule has 8 nitrogen and oxygen atoms in total. The summed E-state index contributed by atoms with van der Waals surface area (Å²) in [6.07, 6.45) is 4.34. The van der Waals surface area contributed by atoms with Crippen LogP contribution in [-0.4, -0.2) is 65.2 Å². The van der Waals surface area contributed by atoms with Gasteiger partial charge in [-0.3, -0.25) is 14.7 Å². The third-order valence-electron chi connectivity index (χ3n) is 5.09. The Morgan fingerprint density at radius 2 is 1.88 bits per heavy atom. The number of aromatic nitrogens is 3. The van der Waals surface area contributed by atoms with Crippen LogP contribution >= 0.6 is 23.2 Å². The number of carbonyl (C=O) groups excluding carboxylic acids is 1. The summed E-state index contributed by atoms with van der Waals surface area (Å²) in [7, 11) is 0. The first-order valence-electron chi connectivity index (χ1n) is 10.7. The van der Waals surface area contributed by atoms with Crippen LogP contribution < -0.4 is 10.6 Å². The van der Waals surface area contributed by atoms with Crippen molar-refractivity contribution in [1.82, 2.24) is 19.9 Å². The number of pyridine rings is 1. The van der Waals surface area contributed by atoms with Gasteiger partial charge in [0.05, 0.1) is 18.9 Å². The largest absolute Gasteiger partial charge is 0.379 e. The average molecular weight is 487 g/mol. The van der Waals surface area contributed by atoms with E-state index in [4.69, 9.17) is 27.9 Å². The Bertz CT molecular complexity index is 1070. The number of carbonyl (C=O) groups is 1. The first kappa shape index (κ1) is 23.4. The number of hydrogen-bond donors (Lipinski definition) is 2. The maximum atomic E-state index is 12.8. The van der Waals surface area contributed by atoms with Crippen LogP contribution in [0.1, 0.15) is 16.8 Å². The summed E-state index contributed by atoms with van der Waals surface area (Å²) in [5.41, 5.74) is 1.81. The number of benzene rings is 1. The first-order chi connectivity index (χ1) is 16.1. The van der Waals surface area contributed by atoms with Crippen LogP contribution in [-0.2, 0) is 4.74 Å². The Balaban J connectivity index is 1.48. The van der Waals surface area contributed by atoms with E-state index in [1.54, 1.807) is 36.7 Å². The summed E-state index contributed by atoms with van der Waals surface area (Å²) in [4.78, 5) is 28.4. The molecular formula is C23H24Cl2N6O2. The second kappa shape index (κ2) is 11.4. The first-order valence-corrected chi connectivity index (χ1v) is 11.4. The highest BCUT2D eigenvalue weighted by Gasteiger charge is 2.13. The minimum absolute atomic E-state index is 0.342. The summed E-state index contributed by atoms with van der Waals surface area (Å²) >= 11 is 12.1. The molecule has 0 radical (unpaired) electrons. The van der Waals surface area contributed by atoms with Gasteiger partial charge in [-0.15, -0.1) is 0 Å². The summed E-state index contributed by atoms with van der Waals surface area (Å²) in [5, 5.41) is 6.85. The third kappa shape index (κ3) is 6.85. The van der Waals surface area contributed by atoms with Crippen molar-refractivity contribution in [1.29, 1.82) is 0 Å². The van der Waals surface area contributed by atoms with Crippen LogP contribution in [0, 0.1) is 0 Å².